The van der Waals surface area contributed by atoms with Gasteiger partial charge in [-0.15, -0.1) is 0 Å². The highest BCUT2D eigenvalue weighted by Gasteiger charge is 2.15. The number of carbonyl (C=O) groups is 1. The van der Waals surface area contributed by atoms with Gasteiger partial charge in [-0.1, -0.05) is 30.3 Å². The van der Waals surface area contributed by atoms with Gasteiger partial charge in [0.1, 0.15) is 0 Å². The third-order valence-electron chi connectivity index (χ3n) is 4.50. The maximum Gasteiger partial charge on any atom is 0.323 e. The number of ketones is 1. The summed E-state index contributed by atoms with van der Waals surface area (Å²) in [5.74, 6) is -0.00926. The molecule has 0 saturated heterocycles. The summed E-state index contributed by atoms with van der Waals surface area (Å²) < 4.78 is 1.60. The number of thioether (sulfide) groups is 1. The smallest absolute Gasteiger partial charge is 0.306 e. The Balaban J connectivity index is 1.65. The lowest BCUT2D eigenvalue weighted by atomic mass is 10.1. The van der Waals surface area contributed by atoms with Gasteiger partial charge in [0, 0.05) is 17.1 Å². The molecule has 2 N–H and O–H groups in total. The van der Waals surface area contributed by atoms with Crippen molar-refractivity contribution in [2.24, 2.45) is 0 Å². The predicted octanol–water partition coefficient (Wildman–Crippen LogP) is 3.60. The maximum absolute atomic E-state index is 12.9. The van der Waals surface area contributed by atoms with Gasteiger partial charge in [-0.25, -0.2) is 9.78 Å². The molecule has 0 bridgehead atoms. The summed E-state index contributed by atoms with van der Waals surface area (Å²) in [6, 6.07) is 9.99. The summed E-state index contributed by atoms with van der Waals surface area (Å²) in [4.78, 5) is 46.8. The first-order valence-electron chi connectivity index (χ1n) is 9.04. The zero-order valence-electron chi connectivity index (χ0n) is 15.5. The molecule has 0 aliphatic rings. The fourth-order valence-electron chi connectivity index (χ4n) is 3.12. The zero-order chi connectivity index (χ0) is 20.5. The number of imidazole rings is 1. The van der Waals surface area contributed by atoms with Crippen LogP contribution < -0.4 is 11.2 Å². The van der Waals surface area contributed by atoms with Gasteiger partial charge in [0.05, 0.1) is 27.7 Å². The van der Waals surface area contributed by atoms with Crippen molar-refractivity contribution in [3.63, 3.8) is 0 Å². The largest absolute Gasteiger partial charge is 0.323 e. The fourth-order valence-corrected chi connectivity index (χ4v) is 4.21. The third-order valence-corrected chi connectivity index (χ3v) is 5.71. The normalized spacial score (nSPS) is 11.4. The molecule has 2 heterocycles. The van der Waals surface area contributed by atoms with Crippen molar-refractivity contribution in [1.82, 2.24) is 19.5 Å². The minimum absolute atomic E-state index is 0.113. The van der Waals surface area contributed by atoms with E-state index < -0.39 is 0 Å². The molecule has 0 saturated carbocycles. The molecule has 4 rings (SSSR count). The lowest BCUT2D eigenvalue weighted by molar-refractivity contribution is 0.102. The number of nitrogens with one attached hydrogen (secondary N) is 2. The molecule has 4 aromatic rings. The van der Waals surface area contributed by atoms with E-state index in [1.165, 1.54) is 11.8 Å². The van der Waals surface area contributed by atoms with Crippen LogP contribution in [0.15, 0.2) is 51.1 Å². The Labute approximate surface area is 174 Å². The monoisotopic (exact) mass is 428 g/mol. The van der Waals surface area contributed by atoms with Crippen molar-refractivity contribution in [2.75, 3.05) is 5.75 Å². The summed E-state index contributed by atoms with van der Waals surface area (Å²) in [7, 11) is 0. The summed E-state index contributed by atoms with van der Waals surface area (Å²) in [6.45, 7) is 2.49. The van der Waals surface area contributed by atoms with E-state index in [1.807, 2.05) is 6.92 Å². The molecule has 0 amide bonds. The number of hydrogen-bond donors (Lipinski definition) is 2. The first-order chi connectivity index (χ1) is 14.0. The van der Waals surface area contributed by atoms with Crippen LogP contribution in [0.2, 0.25) is 5.02 Å². The number of aromatic amines is 2. The van der Waals surface area contributed by atoms with Crippen LogP contribution in [0, 0.1) is 0 Å². The second kappa shape index (κ2) is 7.88. The van der Waals surface area contributed by atoms with Crippen molar-refractivity contribution >= 4 is 51.1 Å². The van der Waals surface area contributed by atoms with E-state index >= 15 is 0 Å². The number of benzene rings is 2. The topological polar surface area (TPSA) is 101 Å². The summed E-state index contributed by atoms with van der Waals surface area (Å²) in [5.41, 5.74) is 1.75. The quantitative estimate of drug-likeness (QED) is 0.277. The molecule has 0 unspecified atom stereocenters. The van der Waals surface area contributed by atoms with Crippen molar-refractivity contribution in [3.8, 4) is 0 Å². The average Bonchev–Trinajstić information content (AvgIpc) is 3.07. The van der Waals surface area contributed by atoms with Crippen LogP contribution in [0.3, 0.4) is 0 Å². The molecule has 0 radical (unpaired) electrons. The van der Waals surface area contributed by atoms with Gasteiger partial charge in [-0.3, -0.25) is 14.2 Å². The molecular weight excluding hydrogens is 412 g/mol. The number of nitrogens with zero attached hydrogens (tertiary/aromatic N) is 2. The number of carbonyl (C=O) groups excluding carboxylic acids is 1. The van der Waals surface area contributed by atoms with E-state index in [4.69, 9.17) is 11.6 Å². The van der Waals surface area contributed by atoms with Crippen molar-refractivity contribution in [3.05, 3.63) is 67.8 Å². The van der Waals surface area contributed by atoms with E-state index in [2.05, 4.69) is 15.0 Å². The molecule has 29 heavy (non-hydrogen) atoms. The first kappa shape index (κ1) is 19.5. The summed E-state index contributed by atoms with van der Waals surface area (Å²) in [6.07, 6.45) is 0.764. The lowest BCUT2D eigenvalue weighted by Crippen LogP contribution is -2.23. The molecule has 0 aliphatic carbocycles. The molecule has 2 aromatic carbocycles. The van der Waals surface area contributed by atoms with Crippen LogP contribution in [0.1, 0.15) is 23.7 Å². The van der Waals surface area contributed by atoms with Crippen LogP contribution in [0.4, 0.5) is 0 Å². The fraction of sp³-hybridized carbons (Fsp3) is 0.200. The van der Waals surface area contributed by atoms with Crippen LogP contribution in [-0.4, -0.2) is 31.1 Å². The van der Waals surface area contributed by atoms with Gasteiger partial charge in [-0.05, 0) is 42.8 Å². The van der Waals surface area contributed by atoms with E-state index in [0.717, 1.165) is 6.42 Å². The van der Waals surface area contributed by atoms with E-state index in [9.17, 15) is 14.4 Å². The van der Waals surface area contributed by atoms with Crippen molar-refractivity contribution < 1.29 is 4.79 Å². The highest BCUT2D eigenvalue weighted by atomic mass is 35.5. The Kier molecular flexibility index (Phi) is 5.29. The molecular formula is C20H17ClN4O3S. The van der Waals surface area contributed by atoms with Gasteiger partial charge in [0.25, 0.3) is 5.56 Å². The molecule has 7 nitrogen and oxygen atoms in total. The number of rotatable bonds is 6. The molecule has 9 heteroatoms. The predicted molar refractivity (Wildman–Crippen MR) is 115 cm³/mol. The average molecular weight is 429 g/mol. The second-order valence-corrected chi connectivity index (χ2v) is 7.94. The maximum atomic E-state index is 12.9. The van der Waals surface area contributed by atoms with Gasteiger partial charge >= 0.3 is 5.69 Å². The van der Waals surface area contributed by atoms with Crippen LogP contribution in [-0.2, 0) is 6.54 Å². The standard InChI is InChI=1S/C20H17ClN4O3S/c1-2-7-25-18(27)13-5-4-12(21)9-15(13)24-20(25)29-10-17(26)11-3-6-14-16(8-11)23-19(28)22-14/h3-6,8-9H,2,7,10H2,1H3,(H2,22,23,28). The van der Waals surface area contributed by atoms with E-state index in [-0.39, 0.29) is 22.8 Å². The SMILES string of the molecule is CCCn1c(SCC(=O)c2ccc3[nH]c(=O)[nH]c3c2)nc2cc(Cl)ccc2c1=O. The van der Waals surface area contributed by atoms with Gasteiger partial charge < -0.3 is 9.97 Å². The summed E-state index contributed by atoms with van der Waals surface area (Å²) >= 11 is 7.26. The Morgan fingerprint density at radius 2 is 1.93 bits per heavy atom. The van der Waals surface area contributed by atoms with Crippen molar-refractivity contribution in [1.29, 1.82) is 0 Å². The zero-order valence-corrected chi connectivity index (χ0v) is 17.1. The Bertz CT molecular complexity index is 1360. The van der Waals surface area contributed by atoms with Gasteiger partial charge in [0.2, 0.25) is 0 Å². The third kappa shape index (κ3) is 3.86. The van der Waals surface area contributed by atoms with Crippen LogP contribution in [0.25, 0.3) is 21.9 Å². The van der Waals surface area contributed by atoms with Gasteiger partial charge in [0.15, 0.2) is 10.9 Å². The van der Waals surface area contributed by atoms with E-state index in [1.54, 1.807) is 41.0 Å². The van der Waals surface area contributed by atoms with E-state index in [0.29, 0.717) is 44.2 Å². The minimum atomic E-state index is -0.318. The molecule has 0 spiro atoms. The van der Waals surface area contributed by atoms with Gasteiger partial charge in [-0.2, -0.15) is 0 Å². The number of Topliss-reactive ketones (excluding diaryl/α,β-unsaturated/α-hetero) is 1. The number of H-pyrrole nitrogens is 2. The Morgan fingerprint density at radius 1 is 1.14 bits per heavy atom. The Morgan fingerprint density at radius 3 is 2.72 bits per heavy atom. The van der Waals surface area contributed by atoms with Crippen molar-refractivity contribution in [2.45, 2.75) is 25.0 Å². The Hall–Kier alpha value is -2.84. The van der Waals surface area contributed by atoms with Crippen LogP contribution in [0.5, 0.6) is 0 Å². The number of hydrogen-bond acceptors (Lipinski definition) is 5. The highest BCUT2D eigenvalue weighted by Crippen LogP contribution is 2.22. The number of halogens is 1. The molecule has 0 atom stereocenters. The molecule has 2 aromatic heterocycles. The molecule has 0 aliphatic heterocycles. The number of fused-ring (bicyclic) bond motifs is 2. The van der Waals surface area contributed by atoms with Crippen LogP contribution >= 0.6 is 23.4 Å². The second-order valence-electron chi connectivity index (χ2n) is 6.56. The highest BCUT2D eigenvalue weighted by molar-refractivity contribution is 7.99. The summed E-state index contributed by atoms with van der Waals surface area (Å²) in [5, 5.41) is 1.48. The molecule has 0 fully saturated rings. The first-order valence-corrected chi connectivity index (χ1v) is 10.4. The molecule has 148 valence electrons. The lowest BCUT2D eigenvalue weighted by Gasteiger charge is -2.12. The number of aromatic nitrogens is 4. The minimum Gasteiger partial charge on any atom is -0.306 e.